The summed E-state index contributed by atoms with van der Waals surface area (Å²) in [4.78, 5) is 9.35. The van der Waals surface area contributed by atoms with Gasteiger partial charge < -0.3 is 14.5 Å². The van der Waals surface area contributed by atoms with Gasteiger partial charge in [0.15, 0.2) is 0 Å². The number of hydrogen-bond acceptors (Lipinski definition) is 6. The molecule has 3 heterocycles. The molecule has 1 aromatic carbocycles. The second-order valence-electron chi connectivity index (χ2n) is 7.25. The predicted molar refractivity (Wildman–Crippen MR) is 108 cm³/mol. The third-order valence-corrected chi connectivity index (χ3v) is 7.27. The Balaban J connectivity index is 1.58. The van der Waals surface area contributed by atoms with Gasteiger partial charge in [0, 0.05) is 38.9 Å². The number of anilines is 1. The molecule has 2 saturated heterocycles. The SMILES string of the molecule is CN1CCN(c2ccc(S(=O)(=O)N3CCOCC3)cn2)C(c2ccccc2)C1. The minimum absolute atomic E-state index is 0.189. The average molecular weight is 403 g/mol. The van der Waals surface area contributed by atoms with Gasteiger partial charge in [0.1, 0.15) is 10.7 Å². The fourth-order valence-electron chi connectivity index (χ4n) is 3.79. The van der Waals surface area contributed by atoms with Crippen LogP contribution in [0.4, 0.5) is 5.82 Å². The minimum Gasteiger partial charge on any atom is -0.379 e. The largest absolute Gasteiger partial charge is 0.379 e. The topological polar surface area (TPSA) is 66.0 Å². The van der Waals surface area contributed by atoms with Crippen LogP contribution in [-0.2, 0) is 14.8 Å². The number of rotatable bonds is 4. The molecule has 4 rings (SSSR count). The van der Waals surface area contributed by atoms with Crippen LogP contribution in [0.5, 0.6) is 0 Å². The number of morpholine rings is 1. The monoisotopic (exact) mass is 402 g/mol. The smallest absolute Gasteiger partial charge is 0.244 e. The Labute approximate surface area is 166 Å². The van der Waals surface area contributed by atoms with Gasteiger partial charge in [0.25, 0.3) is 0 Å². The number of hydrogen-bond donors (Lipinski definition) is 0. The van der Waals surface area contributed by atoms with Crippen molar-refractivity contribution in [3.05, 3.63) is 54.2 Å². The van der Waals surface area contributed by atoms with Crippen LogP contribution < -0.4 is 4.90 Å². The Morgan fingerprint density at radius 3 is 2.43 bits per heavy atom. The molecule has 1 unspecified atom stereocenters. The van der Waals surface area contributed by atoms with Crippen molar-refractivity contribution in [1.29, 1.82) is 0 Å². The fraction of sp³-hybridized carbons (Fsp3) is 0.450. The van der Waals surface area contributed by atoms with Crippen LogP contribution in [-0.4, -0.2) is 75.6 Å². The summed E-state index contributed by atoms with van der Waals surface area (Å²) < 4.78 is 32.4. The first kappa shape index (κ1) is 19.3. The Morgan fingerprint density at radius 1 is 1.00 bits per heavy atom. The summed E-state index contributed by atoms with van der Waals surface area (Å²) in [6, 6.07) is 14.1. The second-order valence-corrected chi connectivity index (χ2v) is 9.19. The number of ether oxygens (including phenoxy) is 1. The summed E-state index contributed by atoms with van der Waals surface area (Å²) in [5.41, 5.74) is 1.24. The maximum absolute atomic E-state index is 12.8. The summed E-state index contributed by atoms with van der Waals surface area (Å²) in [5.74, 6) is 0.808. The van der Waals surface area contributed by atoms with Crippen molar-refractivity contribution >= 4 is 15.8 Å². The average Bonchev–Trinajstić information content (AvgIpc) is 2.75. The summed E-state index contributed by atoms with van der Waals surface area (Å²) >= 11 is 0. The second kappa shape index (κ2) is 8.16. The van der Waals surface area contributed by atoms with Crippen molar-refractivity contribution in [1.82, 2.24) is 14.2 Å². The highest BCUT2D eigenvalue weighted by atomic mass is 32.2. The first-order valence-electron chi connectivity index (χ1n) is 9.60. The molecular formula is C20H26N4O3S. The molecule has 28 heavy (non-hydrogen) atoms. The van der Waals surface area contributed by atoms with E-state index in [0.29, 0.717) is 26.3 Å². The van der Waals surface area contributed by atoms with Crippen molar-refractivity contribution in [3.8, 4) is 0 Å². The molecule has 1 atom stereocenters. The first-order valence-corrected chi connectivity index (χ1v) is 11.0. The maximum atomic E-state index is 12.8. The Kier molecular flexibility index (Phi) is 5.63. The van der Waals surface area contributed by atoms with Crippen LogP contribution >= 0.6 is 0 Å². The molecule has 0 bridgehead atoms. The lowest BCUT2D eigenvalue weighted by molar-refractivity contribution is 0.0730. The summed E-state index contributed by atoms with van der Waals surface area (Å²) in [5, 5.41) is 0. The molecule has 2 aliphatic rings. The van der Waals surface area contributed by atoms with Gasteiger partial charge in [-0.15, -0.1) is 0 Å². The quantitative estimate of drug-likeness (QED) is 0.774. The Hall–Kier alpha value is -2.00. The van der Waals surface area contributed by atoms with Gasteiger partial charge in [-0.3, -0.25) is 0 Å². The summed E-state index contributed by atoms with van der Waals surface area (Å²) in [6.07, 6.45) is 1.49. The summed E-state index contributed by atoms with van der Waals surface area (Å²) in [6.45, 7) is 4.34. The zero-order valence-electron chi connectivity index (χ0n) is 16.1. The molecule has 7 nitrogen and oxygen atoms in total. The van der Waals surface area contributed by atoms with E-state index in [4.69, 9.17) is 4.74 Å². The predicted octanol–water partition coefficient (Wildman–Crippen LogP) is 1.60. The van der Waals surface area contributed by atoms with E-state index in [-0.39, 0.29) is 10.9 Å². The molecule has 2 aliphatic heterocycles. The molecule has 0 aliphatic carbocycles. The van der Waals surface area contributed by atoms with Gasteiger partial charge in [-0.1, -0.05) is 30.3 Å². The third kappa shape index (κ3) is 3.91. The van der Waals surface area contributed by atoms with Crippen LogP contribution in [0.3, 0.4) is 0 Å². The van der Waals surface area contributed by atoms with E-state index >= 15 is 0 Å². The van der Waals surface area contributed by atoms with Crippen LogP contribution in [0, 0.1) is 0 Å². The van der Waals surface area contributed by atoms with Gasteiger partial charge in [-0.25, -0.2) is 13.4 Å². The van der Waals surface area contributed by atoms with E-state index in [1.54, 1.807) is 6.07 Å². The molecule has 2 aromatic rings. The fourth-order valence-corrected chi connectivity index (χ4v) is 5.14. The molecule has 1 aromatic heterocycles. The molecule has 8 heteroatoms. The number of benzene rings is 1. The highest BCUT2D eigenvalue weighted by Gasteiger charge is 2.29. The molecule has 0 amide bonds. The summed E-state index contributed by atoms with van der Waals surface area (Å²) in [7, 11) is -1.40. The lowest BCUT2D eigenvalue weighted by Crippen LogP contribution is -2.47. The Morgan fingerprint density at radius 2 is 1.75 bits per heavy atom. The van der Waals surface area contributed by atoms with E-state index in [9.17, 15) is 8.42 Å². The molecule has 2 fully saturated rings. The van der Waals surface area contributed by atoms with E-state index in [1.807, 2.05) is 24.3 Å². The number of sulfonamides is 1. The van der Waals surface area contributed by atoms with Crippen LogP contribution in [0.2, 0.25) is 0 Å². The standard InChI is InChI=1S/C20H26N4O3S/c1-22-9-10-24(19(16-22)17-5-3-2-4-6-17)20-8-7-18(15-21-20)28(25,26)23-11-13-27-14-12-23/h2-8,15,19H,9-14,16H2,1H3. The van der Waals surface area contributed by atoms with Crippen LogP contribution in [0.25, 0.3) is 0 Å². The van der Waals surface area contributed by atoms with Gasteiger partial charge >= 0.3 is 0 Å². The normalized spacial score (nSPS) is 22.3. The molecule has 0 N–H and O–H groups in total. The minimum atomic E-state index is -3.52. The lowest BCUT2D eigenvalue weighted by atomic mass is 10.0. The van der Waals surface area contributed by atoms with Crippen molar-refractivity contribution in [2.45, 2.75) is 10.9 Å². The highest BCUT2D eigenvalue weighted by molar-refractivity contribution is 7.89. The molecule has 0 spiro atoms. The van der Waals surface area contributed by atoms with E-state index in [2.05, 4.69) is 34.0 Å². The number of piperazine rings is 1. The van der Waals surface area contributed by atoms with Gasteiger partial charge in [-0.2, -0.15) is 4.31 Å². The zero-order chi connectivity index (χ0) is 19.6. The third-order valence-electron chi connectivity index (χ3n) is 5.39. The van der Waals surface area contributed by atoms with Crippen molar-refractivity contribution in [2.75, 3.05) is 57.9 Å². The van der Waals surface area contributed by atoms with Crippen molar-refractivity contribution < 1.29 is 13.2 Å². The van der Waals surface area contributed by atoms with E-state index in [1.165, 1.54) is 16.1 Å². The van der Waals surface area contributed by atoms with Gasteiger partial charge in [0.05, 0.1) is 19.3 Å². The van der Waals surface area contributed by atoms with Crippen molar-refractivity contribution in [2.24, 2.45) is 0 Å². The van der Waals surface area contributed by atoms with Gasteiger partial charge in [-0.05, 0) is 24.7 Å². The number of likely N-dealkylation sites (N-methyl/N-ethyl adjacent to an activating group) is 1. The number of pyridine rings is 1. The van der Waals surface area contributed by atoms with Crippen LogP contribution in [0.1, 0.15) is 11.6 Å². The highest BCUT2D eigenvalue weighted by Crippen LogP contribution is 2.29. The van der Waals surface area contributed by atoms with E-state index < -0.39 is 10.0 Å². The van der Waals surface area contributed by atoms with E-state index in [0.717, 1.165) is 25.5 Å². The van der Waals surface area contributed by atoms with Crippen LogP contribution in [0.15, 0.2) is 53.6 Å². The number of nitrogens with zero attached hydrogens (tertiary/aromatic N) is 4. The molecule has 0 radical (unpaired) electrons. The Bertz CT molecular complexity index is 883. The van der Waals surface area contributed by atoms with Gasteiger partial charge in [0.2, 0.25) is 10.0 Å². The first-order chi connectivity index (χ1) is 13.6. The molecular weight excluding hydrogens is 376 g/mol. The zero-order valence-corrected chi connectivity index (χ0v) is 16.9. The maximum Gasteiger partial charge on any atom is 0.244 e. The number of aromatic nitrogens is 1. The molecule has 150 valence electrons. The van der Waals surface area contributed by atoms with Crippen molar-refractivity contribution in [3.63, 3.8) is 0 Å². The molecule has 0 saturated carbocycles. The lowest BCUT2D eigenvalue weighted by Gasteiger charge is -2.41.